The van der Waals surface area contributed by atoms with Crippen molar-refractivity contribution >= 4 is 34.6 Å². The molecule has 2 heterocycles. The second-order valence-electron chi connectivity index (χ2n) is 5.40. The first kappa shape index (κ1) is 18.8. The van der Waals surface area contributed by atoms with E-state index in [0.29, 0.717) is 12.3 Å². The van der Waals surface area contributed by atoms with Crippen molar-refractivity contribution in [3.63, 3.8) is 0 Å². The van der Waals surface area contributed by atoms with Crippen LogP contribution < -0.4 is 17.0 Å². The third kappa shape index (κ3) is 3.92. The predicted octanol–water partition coefficient (Wildman–Crippen LogP) is -1.05. The van der Waals surface area contributed by atoms with Crippen molar-refractivity contribution in [2.45, 2.75) is 6.42 Å². The van der Waals surface area contributed by atoms with E-state index in [1.807, 2.05) is 0 Å². The zero-order valence-corrected chi connectivity index (χ0v) is 14.6. The van der Waals surface area contributed by atoms with Gasteiger partial charge in [-0.15, -0.1) is 0 Å². The van der Waals surface area contributed by atoms with E-state index in [1.54, 1.807) is 0 Å². The van der Waals surface area contributed by atoms with Gasteiger partial charge in [-0.1, -0.05) is 11.8 Å². The number of Topliss-reactive ketones (excluding diaryl/α,β-unsaturated/α-hetero) is 1. The number of nitrogen functional groups attached to an aromatic ring is 1. The van der Waals surface area contributed by atoms with Crippen molar-refractivity contribution in [2.24, 2.45) is 14.1 Å². The highest BCUT2D eigenvalue weighted by Gasteiger charge is 2.23. The van der Waals surface area contributed by atoms with Crippen LogP contribution in [0.1, 0.15) is 16.8 Å². The molecule has 0 atom stereocenters. The Morgan fingerprint density at radius 3 is 2.48 bits per heavy atom. The summed E-state index contributed by atoms with van der Waals surface area (Å²) >= 11 is 1.18. The lowest BCUT2D eigenvalue weighted by Crippen LogP contribution is -2.42. The highest BCUT2D eigenvalue weighted by atomic mass is 32.2. The van der Waals surface area contributed by atoms with E-state index in [1.165, 1.54) is 30.8 Å². The summed E-state index contributed by atoms with van der Waals surface area (Å²) in [6.45, 7) is 0.113. The molecule has 11 heteroatoms. The summed E-state index contributed by atoms with van der Waals surface area (Å²) in [5, 5.41) is -0.0923. The zero-order valence-electron chi connectivity index (χ0n) is 13.8. The number of ketones is 1. The lowest BCUT2D eigenvalue weighted by molar-refractivity contribution is -0.142. The van der Waals surface area contributed by atoms with E-state index < -0.39 is 35.2 Å². The number of amides is 1. The molecule has 0 unspecified atom stereocenters. The Labute approximate surface area is 146 Å². The molecule has 0 spiro atoms. The summed E-state index contributed by atoms with van der Waals surface area (Å²) in [5.74, 6) is -1.07. The molecule has 1 aliphatic heterocycles. The van der Waals surface area contributed by atoms with Crippen LogP contribution in [0.5, 0.6) is 0 Å². The van der Waals surface area contributed by atoms with E-state index in [4.69, 9.17) is 10.5 Å². The first-order valence-corrected chi connectivity index (χ1v) is 8.38. The third-order valence-corrected chi connectivity index (χ3v) is 4.68. The average Bonchev–Trinajstić information content (AvgIpc) is 2.99. The first-order valence-electron chi connectivity index (χ1n) is 7.40. The topological polar surface area (TPSA) is 134 Å². The fourth-order valence-corrected chi connectivity index (χ4v) is 3.12. The van der Waals surface area contributed by atoms with Gasteiger partial charge in [0.15, 0.2) is 6.61 Å². The fraction of sp³-hybridized carbons (Fsp3) is 0.500. The molecule has 136 valence electrons. The maximum atomic E-state index is 12.2. The van der Waals surface area contributed by atoms with E-state index in [-0.39, 0.29) is 24.0 Å². The average molecular weight is 370 g/mol. The third-order valence-electron chi connectivity index (χ3n) is 3.78. The largest absolute Gasteiger partial charge is 0.457 e. The summed E-state index contributed by atoms with van der Waals surface area (Å²) in [4.78, 5) is 60.6. The molecular formula is C14H18N4O6S. The van der Waals surface area contributed by atoms with Crippen molar-refractivity contribution in [2.75, 3.05) is 31.2 Å². The number of aromatic nitrogens is 2. The van der Waals surface area contributed by atoms with Gasteiger partial charge < -0.3 is 15.4 Å². The van der Waals surface area contributed by atoms with Crippen molar-refractivity contribution < 1.29 is 19.1 Å². The molecule has 1 amide bonds. The molecule has 0 saturated carbocycles. The molecular weight excluding hydrogens is 352 g/mol. The normalized spacial score (nSPS) is 14.0. The van der Waals surface area contributed by atoms with Gasteiger partial charge in [-0.2, -0.15) is 0 Å². The summed E-state index contributed by atoms with van der Waals surface area (Å²) in [7, 11) is 2.54. The molecule has 2 rings (SSSR count). The molecule has 2 N–H and O–H groups in total. The highest BCUT2D eigenvalue weighted by Crippen LogP contribution is 2.17. The smallest absolute Gasteiger partial charge is 0.332 e. The van der Waals surface area contributed by atoms with Gasteiger partial charge in [-0.05, 0) is 0 Å². The van der Waals surface area contributed by atoms with Crippen molar-refractivity contribution in [1.29, 1.82) is 0 Å². The number of hydrogen-bond acceptors (Lipinski definition) is 8. The van der Waals surface area contributed by atoms with Crippen LogP contribution in [-0.4, -0.2) is 56.5 Å². The molecule has 10 nitrogen and oxygen atoms in total. The molecule has 1 aromatic rings. The molecule has 1 aliphatic rings. The van der Waals surface area contributed by atoms with Crippen molar-refractivity contribution in [3.05, 3.63) is 26.4 Å². The van der Waals surface area contributed by atoms with Gasteiger partial charge in [-0.3, -0.25) is 28.3 Å². The van der Waals surface area contributed by atoms with Crippen LogP contribution in [0, 0.1) is 0 Å². The Morgan fingerprint density at radius 1 is 1.20 bits per heavy atom. The maximum Gasteiger partial charge on any atom is 0.332 e. The Bertz CT molecular complexity index is 843. The minimum absolute atomic E-state index is 0.0552. The number of rotatable bonds is 6. The molecule has 1 fully saturated rings. The fourth-order valence-electron chi connectivity index (χ4n) is 2.27. The predicted molar refractivity (Wildman–Crippen MR) is 90.7 cm³/mol. The van der Waals surface area contributed by atoms with Crippen molar-refractivity contribution in [3.8, 4) is 0 Å². The second-order valence-corrected chi connectivity index (χ2v) is 6.45. The molecule has 0 aromatic carbocycles. The van der Waals surface area contributed by atoms with E-state index in [9.17, 15) is 24.0 Å². The van der Waals surface area contributed by atoms with Crippen LogP contribution >= 0.6 is 11.8 Å². The number of nitrogens with zero attached hydrogens (tertiary/aromatic N) is 3. The van der Waals surface area contributed by atoms with Gasteiger partial charge in [0.05, 0.1) is 6.42 Å². The second kappa shape index (κ2) is 7.55. The van der Waals surface area contributed by atoms with Gasteiger partial charge in [0, 0.05) is 32.9 Å². The maximum absolute atomic E-state index is 12.2. The minimum atomic E-state index is -0.846. The lowest BCUT2D eigenvalue weighted by Gasteiger charge is -2.14. The summed E-state index contributed by atoms with van der Waals surface area (Å²) in [6, 6.07) is 0. The van der Waals surface area contributed by atoms with Crippen molar-refractivity contribution in [1.82, 2.24) is 14.0 Å². The van der Waals surface area contributed by atoms with Gasteiger partial charge in [-0.25, -0.2) is 4.79 Å². The Hall–Kier alpha value is -2.56. The van der Waals surface area contributed by atoms with Crippen LogP contribution in [0.3, 0.4) is 0 Å². The van der Waals surface area contributed by atoms with Crippen LogP contribution in [0.25, 0.3) is 0 Å². The Kier molecular flexibility index (Phi) is 5.67. The van der Waals surface area contributed by atoms with Crippen LogP contribution in [0.15, 0.2) is 9.59 Å². The number of esters is 1. The number of thioether (sulfide) groups is 1. The number of anilines is 1. The summed E-state index contributed by atoms with van der Waals surface area (Å²) in [5.41, 5.74) is 3.75. The molecule has 0 bridgehead atoms. The zero-order chi connectivity index (χ0) is 18.7. The van der Waals surface area contributed by atoms with E-state index in [2.05, 4.69) is 0 Å². The monoisotopic (exact) mass is 370 g/mol. The molecule has 1 aromatic heterocycles. The minimum Gasteiger partial charge on any atom is -0.457 e. The number of carbonyl (C=O) groups excluding carboxylic acids is 3. The molecule has 1 saturated heterocycles. The SMILES string of the molecule is Cn1c(N)c(C(=O)COC(=O)CCN2CCSC2=O)c(=O)n(C)c1=O. The van der Waals surface area contributed by atoms with Crippen LogP contribution in [0.4, 0.5) is 10.6 Å². The van der Waals surface area contributed by atoms with Gasteiger partial charge in [0.1, 0.15) is 11.4 Å². The quantitative estimate of drug-likeness (QED) is 0.495. The van der Waals surface area contributed by atoms with Gasteiger partial charge in [0.2, 0.25) is 5.78 Å². The molecule has 0 aliphatic carbocycles. The van der Waals surface area contributed by atoms with Crippen LogP contribution in [0.2, 0.25) is 0 Å². The Morgan fingerprint density at radius 2 is 1.88 bits per heavy atom. The standard InChI is InChI=1S/C14H18N4O6S/c1-16-11(15)10(12(21)17(2)13(16)22)8(19)7-24-9(20)3-4-18-5-6-25-14(18)23/h3-7,15H2,1-2H3. The number of nitrogens with two attached hydrogens (primary N) is 1. The van der Waals surface area contributed by atoms with Gasteiger partial charge >= 0.3 is 11.7 Å². The first-order chi connectivity index (χ1) is 11.7. The van der Waals surface area contributed by atoms with Crippen LogP contribution in [-0.2, 0) is 23.6 Å². The molecule has 0 radical (unpaired) electrons. The van der Waals surface area contributed by atoms with E-state index >= 15 is 0 Å². The van der Waals surface area contributed by atoms with E-state index in [0.717, 1.165) is 9.13 Å². The number of hydrogen-bond donors (Lipinski definition) is 1. The number of carbonyl (C=O) groups is 3. The number of ether oxygens (including phenoxy) is 1. The summed E-state index contributed by atoms with van der Waals surface area (Å²) in [6.07, 6.45) is -0.0552. The molecule has 25 heavy (non-hydrogen) atoms. The van der Waals surface area contributed by atoms with Gasteiger partial charge in [0.25, 0.3) is 10.8 Å². The lowest BCUT2D eigenvalue weighted by atomic mass is 10.2. The highest BCUT2D eigenvalue weighted by molar-refractivity contribution is 8.13. The Balaban J connectivity index is 1.99. The summed E-state index contributed by atoms with van der Waals surface area (Å²) < 4.78 is 6.57.